The number of pyridine rings is 1. The lowest BCUT2D eigenvalue weighted by atomic mass is 10.2. The van der Waals surface area contributed by atoms with Crippen molar-refractivity contribution in [3.8, 4) is 0 Å². The average Bonchev–Trinajstić information content (AvgIpc) is 3.05. The van der Waals surface area contributed by atoms with Crippen LogP contribution in [0.5, 0.6) is 0 Å². The molecule has 2 heterocycles. The molecule has 0 spiro atoms. The fourth-order valence-electron chi connectivity index (χ4n) is 2.27. The molecule has 26 heavy (non-hydrogen) atoms. The quantitative estimate of drug-likeness (QED) is 0.657. The SMILES string of the molecule is CC(C)C(=O)Nc1ccc(NC(=O)NCc2nnc3ccccn23)cc1. The topological polar surface area (TPSA) is 100 Å². The van der Waals surface area contributed by atoms with E-state index in [2.05, 4.69) is 26.1 Å². The normalized spacial score (nSPS) is 10.7. The van der Waals surface area contributed by atoms with Crippen LogP contribution >= 0.6 is 0 Å². The van der Waals surface area contributed by atoms with Crippen LogP contribution in [-0.2, 0) is 11.3 Å². The molecule has 0 aliphatic carbocycles. The molecule has 1 aromatic carbocycles. The lowest BCUT2D eigenvalue weighted by molar-refractivity contribution is -0.118. The Hall–Kier alpha value is -3.42. The highest BCUT2D eigenvalue weighted by Gasteiger charge is 2.09. The van der Waals surface area contributed by atoms with Crippen LogP contribution in [0, 0.1) is 5.92 Å². The molecule has 3 aromatic rings. The molecule has 3 amide bonds. The summed E-state index contributed by atoms with van der Waals surface area (Å²) >= 11 is 0. The van der Waals surface area contributed by atoms with Gasteiger partial charge in [-0.15, -0.1) is 10.2 Å². The molecule has 134 valence electrons. The van der Waals surface area contributed by atoms with Crippen molar-refractivity contribution in [2.24, 2.45) is 5.92 Å². The van der Waals surface area contributed by atoms with Gasteiger partial charge >= 0.3 is 6.03 Å². The van der Waals surface area contributed by atoms with Gasteiger partial charge in [0.2, 0.25) is 5.91 Å². The summed E-state index contributed by atoms with van der Waals surface area (Å²) in [7, 11) is 0. The summed E-state index contributed by atoms with van der Waals surface area (Å²) < 4.78 is 1.81. The van der Waals surface area contributed by atoms with E-state index in [0.29, 0.717) is 17.2 Å². The maximum absolute atomic E-state index is 12.0. The first kappa shape index (κ1) is 17.4. The number of hydrogen-bond donors (Lipinski definition) is 3. The summed E-state index contributed by atoms with van der Waals surface area (Å²) in [6, 6.07) is 12.2. The Morgan fingerprint density at radius 1 is 1.00 bits per heavy atom. The van der Waals surface area contributed by atoms with Gasteiger partial charge in [-0.2, -0.15) is 0 Å². The molecule has 8 nitrogen and oxygen atoms in total. The van der Waals surface area contributed by atoms with Crippen LogP contribution in [0.1, 0.15) is 19.7 Å². The van der Waals surface area contributed by atoms with Crippen molar-refractivity contribution in [3.05, 3.63) is 54.5 Å². The minimum Gasteiger partial charge on any atom is -0.331 e. The van der Waals surface area contributed by atoms with E-state index in [1.54, 1.807) is 24.3 Å². The lowest BCUT2D eigenvalue weighted by Gasteiger charge is -2.10. The first-order chi connectivity index (χ1) is 12.5. The number of nitrogens with one attached hydrogen (secondary N) is 3. The lowest BCUT2D eigenvalue weighted by Crippen LogP contribution is -2.29. The Morgan fingerprint density at radius 3 is 2.38 bits per heavy atom. The minimum atomic E-state index is -0.350. The Labute approximate surface area is 150 Å². The molecule has 0 atom stereocenters. The molecule has 3 N–H and O–H groups in total. The molecule has 2 aromatic heterocycles. The molecule has 3 rings (SSSR count). The predicted octanol–water partition coefficient (Wildman–Crippen LogP) is 2.65. The van der Waals surface area contributed by atoms with Crippen LogP contribution in [0.15, 0.2) is 48.7 Å². The van der Waals surface area contributed by atoms with Crippen molar-refractivity contribution in [1.29, 1.82) is 0 Å². The van der Waals surface area contributed by atoms with E-state index in [1.807, 2.05) is 42.6 Å². The van der Waals surface area contributed by atoms with Crippen LogP contribution < -0.4 is 16.0 Å². The maximum Gasteiger partial charge on any atom is 0.319 e. The van der Waals surface area contributed by atoms with Crippen LogP contribution in [0.25, 0.3) is 5.65 Å². The number of urea groups is 1. The molecule has 0 aliphatic heterocycles. The minimum absolute atomic E-state index is 0.0519. The van der Waals surface area contributed by atoms with Crippen LogP contribution in [-0.4, -0.2) is 26.5 Å². The molecule has 0 saturated heterocycles. The zero-order chi connectivity index (χ0) is 18.5. The molecular formula is C18H20N6O2. The number of rotatable bonds is 5. The van der Waals surface area contributed by atoms with Gasteiger partial charge in [-0.05, 0) is 36.4 Å². The van der Waals surface area contributed by atoms with Crippen molar-refractivity contribution in [3.63, 3.8) is 0 Å². The van der Waals surface area contributed by atoms with Gasteiger partial charge in [0, 0.05) is 23.5 Å². The highest BCUT2D eigenvalue weighted by molar-refractivity contribution is 5.93. The molecular weight excluding hydrogens is 332 g/mol. The number of fused-ring (bicyclic) bond motifs is 1. The van der Waals surface area contributed by atoms with Gasteiger partial charge in [0.25, 0.3) is 0 Å². The summed E-state index contributed by atoms with van der Waals surface area (Å²) in [6.45, 7) is 3.90. The zero-order valence-corrected chi connectivity index (χ0v) is 14.6. The largest absolute Gasteiger partial charge is 0.331 e. The predicted molar refractivity (Wildman–Crippen MR) is 98.8 cm³/mol. The van der Waals surface area contributed by atoms with Gasteiger partial charge in [-0.3, -0.25) is 9.20 Å². The van der Waals surface area contributed by atoms with Crippen molar-refractivity contribution >= 4 is 29.0 Å². The molecule has 0 fully saturated rings. The third-order valence-corrected chi connectivity index (χ3v) is 3.73. The average molecular weight is 352 g/mol. The molecule has 0 unspecified atom stereocenters. The monoisotopic (exact) mass is 352 g/mol. The van der Waals surface area contributed by atoms with Crippen molar-refractivity contribution in [1.82, 2.24) is 19.9 Å². The first-order valence-corrected chi connectivity index (χ1v) is 8.27. The van der Waals surface area contributed by atoms with Gasteiger partial charge in [0.1, 0.15) is 0 Å². The van der Waals surface area contributed by atoms with E-state index in [9.17, 15) is 9.59 Å². The van der Waals surface area contributed by atoms with E-state index in [4.69, 9.17) is 0 Å². The summed E-state index contributed by atoms with van der Waals surface area (Å²) in [5, 5.41) is 16.4. The van der Waals surface area contributed by atoms with Gasteiger partial charge < -0.3 is 16.0 Å². The second-order valence-electron chi connectivity index (χ2n) is 6.07. The maximum atomic E-state index is 12.0. The Morgan fingerprint density at radius 2 is 1.69 bits per heavy atom. The number of carbonyl (C=O) groups excluding carboxylic acids is 2. The molecule has 0 saturated carbocycles. The molecule has 0 bridgehead atoms. The molecule has 8 heteroatoms. The summed E-state index contributed by atoms with van der Waals surface area (Å²) in [4.78, 5) is 23.7. The van der Waals surface area contributed by atoms with Crippen molar-refractivity contribution < 1.29 is 9.59 Å². The number of carbonyl (C=O) groups is 2. The Balaban J connectivity index is 1.54. The van der Waals surface area contributed by atoms with Gasteiger partial charge in [-0.25, -0.2) is 4.79 Å². The highest BCUT2D eigenvalue weighted by Crippen LogP contribution is 2.14. The summed E-state index contributed by atoms with van der Waals surface area (Å²) in [5.74, 6) is 0.498. The third kappa shape index (κ3) is 4.15. The number of aromatic nitrogens is 3. The highest BCUT2D eigenvalue weighted by atomic mass is 16.2. The molecule has 0 aliphatic rings. The number of amides is 3. The number of benzene rings is 1. The fraction of sp³-hybridized carbons (Fsp3) is 0.222. The summed E-state index contributed by atoms with van der Waals surface area (Å²) in [5.41, 5.74) is 2.03. The van der Waals surface area contributed by atoms with Gasteiger partial charge in [-0.1, -0.05) is 19.9 Å². The van der Waals surface area contributed by atoms with E-state index < -0.39 is 0 Å². The van der Waals surface area contributed by atoms with E-state index >= 15 is 0 Å². The van der Waals surface area contributed by atoms with E-state index in [0.717, 1.165) is 5.65 Å². The smallest absolute Gasteiger partial charge is 0.319 e. The van der Waals surface area contributed by atoms with Gasteiger partial charge in [0.05, 0.1) is 6.54 Å². The number of anilines is 2. The second-order valence-corrected chi connectivity index (χ2v) is 6.07. The van der Waals surface area contributed by atoms with E-state index in [1.165, 1.54) is 0 Å². The Kier molecular flexibility index (Phi) is 5.12. The van der Waals surface area contributed by atoms with E-state index in [-0.39, 0.29) is 24.4 Å². The fourth-order valence-corrected chi connectivity index (χ4v) is 2.27. The van der Waals surface area contributed by atoms with Gasteiger partial charge in [0.15, 0.2) is 11.5 Å². The second kappa shape index (κ2) is 7.64. The van der Waals surface area contributed by atoms with Crippen LogP contribution in [0.4, 0.5) is 16.2 Å². The standard InChI is InChI=1S/C18H20N6O2/c1-12(2)17(25)20-13-6-8-14(9-7-13)21-18(26)19-11-16-23-22-15-5-3-4-10-24(15)16/h3-10,12H,11H2,1-2H3,(H,20,25)(H2,19,21,26). The Bertz CT molecular complexity index is 917. The van der Waals surface area contributed by atoms with Crippen molar-refractivity contribution in [2.75, 3.05) is 10.6 Å². The number of hydrogen-bond acceptors (Lipinski definition) is 4. The number of nitrogens with zero attached hydrogens (tertiary/aromatic N) is 3. The summed E-state index contributed by atoms with van der Waals surface area (Å²) in [6.07, 6.45) is 1.84. The van der Waals surface area contributed by atoms with Crippen molar-refractivity contribution in [2.45, 2.75) is 20.4 Å². The first-order valence-electron chi connectivity index (χ1n) is 8.27. The third-order valence-electron chi connectivity index (χ3n) is 3.73. The zero-order valence-electron chi connectivity index (χ0n) is 14.6. The van der Waals surface area contributed by atoms with Crippen LogP contribution in [0.3, 0.4) is 0 Å². The molecule has 0 radical (unpaired) electrons. The van der Waals surface area contributed by atoms with Crippen LogP contribution in [0.2, 0.25) is 0 Å².